The molecule has 0 saturated heterocycles. The maximum Gasteiger partial charge on any atom is 0.265 e. The van der Waals surface area contributed by atoms with Crippen molar-refractivity contribution in [2.75, 3.05) is 0 Å². The van der Waals surface area contributed by atoms with Crippen molar-refractivity contribution in [1.29, 1.82) is 0 Å². The number of benzene rings is 1. The number of aromatic nitrogens is 8. The van der Waals surface area contributed by atoms with Crippen molar-refractivity contribution in [3.05, 3.63) is 63.1 Å². The average Bonchev–Trinajstić information content (AvgIpc) is 3.25. The van der Waals surface area contributed by atoms with Crippen LogP contribution in [0.2, 0.25) is 5.02 Å². The van der Waals surface area contributed by atoms with E-state index < -0.39 is 6.10 Å². The lowest BCUT2D eigenvalue weighted by Gasteiger charge is -2.09. The second-order valence-corrected chi connectivity index (χ2v) is 6.47. The maximum atomic E-state index is 12.5. The van der Waals surface area contributed by atoms with E-state index in [0.717, 1.165) is 0 Å². The Morgan fingerprint density at radius 3 is 2.85 bits per heavy atom. The van der Waals surface area contributed by atoms with Crippen molar-refractivity contribution in [2.24, 2.45) is 0 Å². The van der Waals surface area contributed by atoms with Gasteiger partial charge in [0.05, 0.1) is 18.8 Å². The minimum absolute atomic E-state index is 0.115. The lowest BCUT2D eigenvalue weighted by atomic mass is 10.1. The van der Waals surface area contributed by atoms with Crippen LogP contribution >= 0.6 is 11.6 Å². The number of rotatable bonds is 5. The molecule has 27 heavy (non-hydrogen) atoms. The average molecular weight is 387 g/mol. The highest BCUT2D eigenvalue weighted by Crippen LogP contribution is 2.17. The van der Waals surface area contributed by atoms with E-state index in [1.807, 2.05) is 0 Å². The van der Waals surface area contributed by atoms with Crippen molar-refractivity contribution in [2.45, 2.75) is 26.1 Å². The van der Waals surface area contributed by atoms with E-state index in [-0.39, 0.29) is 18.6 Å². The fourth-order valence-corrected chi connectivity index (χ4v) is 2.85. The number of hydrogen-bond donors (Lipinski definition) is 2. The molecular formula is C16H15ClN8O2. The molecule has 0 saturated carbocycles. The number of H-pyrrole nitrogens is 1. The Labute approximate surface area is 157 Å². The Bertz CT molecular complexity index is 1150. The van der Waals surface area contributed by atoms with Crippen molar-refractivity contribution >= 4 is 22.6 Å². The van der Waals surface area contributed by atoms with Crippen molar-refractivity contribution in [3.8, 4) is 0 Å². The van der Waals surface area contributed by atoms with Crippen molar-refractivity contribution in [1.82, 2.24) is 40.0 Å². The van der Waals surface area contributed by atoms with Crippen LogP contribution in [0.1, 0.15) is 23.2 Å². The first-order valence-corrected chi connectivity index (χ1v) is 8.49. The summed E-state index contributed by atoms with van der Waals surface area (Å²) in [7, 11) is 0. The Morgan fingerprint density at radius 1 is 1.30 bits per heavy atom. The van der Waals surface area contributed by atoms with Crippen LogP contribution in [-0.4, -0.2) is 45.1 Å². The Kier molecular flexibility index (Phi) is 4.42. The quantitative estimate of drug-likeness (QED) is 0.520. The number of aliphatic hydroxyl groups excluding tert-OH is 1. The van der Waals surface area contributed by atoms with Gasteiger partial charge >= 0.3 is 0 Å². The van der Waals surface area contributed by atoms with E-state index in [2.05, 4.69) is 30.6 Å². The molecule has 3 heterocycles. The molecule has 11 heteroatoms. The van der Waals surface area contributed by atoms with Crippen LogP contribution in [0.25, 0.3) is 11.0 Å². The van der Waals surface area contributed by atoms with Crippen LogP contribution in [-0.2, 0) is 13.1 Å². The lowest BCUT2D eigenvalue weighted by Crippen LogP contribution is -2.22. The number of fused-ring (bicyclic) bond motifs is 1. The molecule has 10 nitrogen and oxygen atoms in total. The molecule has 0 amide bonds. The second-order valence-electron chi connectivity index (χ2n) is 6.04. The summed E-state index contributed by atoms with van der Waals surface area (Å²) in [6.45, 7) is 1.98. The Hall–Kier alpha value is -3.11. The van der Waals surface area contributed by atoms with Gasteiger partial charge in [0.15, 0.2) is 11.5 Å². The molecule has 1 atom stereocenters. The van der Waals surface area contributed by atoms with Gasteiger partial charge in [-0.1, -0.05) is 23.7 Å². The molecule has 0 spiro atoms. The maximum absolute atomic E-state index is 12.5. The number of halogens is 1. The highest BCUT2D eigenvalue weighted by atomic mass is 35.5. The Balaban J connectivity index is 1.51. The minimum Gasteiger partial charge on any atom is -0.386 e. The lowest BCUT2D eigenvalue weighted by molar-refractivity contribution is 0.144. The molecule has 138 valence electrons. The van der Waals surface area contributed by atoms with Crippen LogP contribution in [0.5, 0.6) is 0 Å². The van der Waals surface area contributed by atoms with Gasteiger partial charge in [0.25, 0.3) is 5.56 Å². The first kappa shape index (κ1) is 17.3. The van der Waals surface area contributed by atoms with Crippen LogP contribution < -0.4 is 5.56 Å². The standard InChI is InChI=1S/C16H15ClN8O2/c1-9-14-15(21-19-9)18-8-24(16(14)27)7-13-20-23-25(22-13)6-12(26)10-2-4-11(17)5-3-10/h2-5,8,12,26H,6-7H2,1H3,(H,19,21)/t12-/m0/s1. The number of tetrazole rings is 1. The molecule has 0 aliphatic carbocycles. The molecule has 0 unspecified atom stereocenters. The molecule has 0 bridgehead atoms. The van der Waals surface area contributed by atoms with Gasteiger partial charge < -0.3 is 5.11 Å². The molecule has 0 fully saturated rings. The summed E-state index contributed by atoms with van der Waals surface area (Å²) < 4.78 is 1.39. The zero-order valence-electron chi connectivity index (χ0n) is 14.2. The molecule has 0 aliphatic heterocycles. The normalized spacial score (nSPS) is 12.6. The number of nitrogens with one attached hydrogen (secondary N) is 1. The minimum atomic E-state index is -0.807. The van der Waals surface area contributed by atoms with Crippen molar-refractivity contribution in [3.63, 3.8) is 0 Å². The van der Waals surface area contributed by atoms with E-state index >= 15 is 0 Å². The van der Waals surface area contributed by atoms with Gasteiger partial charge in [0.2, 0.25) is 0 Å². The largest absolute Gasteiger partial charge is 0.386 e. The molecular weight excluding hydrogens is 372 g/mol. The summed E-state index contributed by atoms with van der Waals surface area (Å²) in [4.78, 5) is 18.0. The molecule has 0 radical (unpaired) electrons. The monoisotopic (exact) mass is 386 g/mol. The molecule has 4 aromatic rings. The van der Waals surface area contributed by atoms with E-state index in [9.17, 15) is 9.90 Å². The smallest absolute Gasteiger partial charge is 0.265 e. The number of aryl methyl sites for hydroxylation is 1. The SMILES string of the molecule is Cc1n[nH]c2ncn(Cc3nnn(C[C@H](O)c4ccc(Cl)cc4)n3)c(=O)c12. The first-order chi connectivity index (χ1) is 13.0. The van der Waals surface area contributed by atoms with Gasteiger partial charge in [0.1, 0.15) is 17.8 Å². The summed E-state index contributed by atoms with van der Waals surface area (Å²) in [6, 6.07) is 6.87. The fourth-order valence-electron chi connectivity index (χ4n) is 2.72. The van der Waals surface area contributed by atoms with Gasteiger partial charge in [-0.05, 0) is 29.8 Å². The molecule has 1 aromatic carbocycles. The van der Waals surface area contributed by atoms with E-state index in [0.29, 0.717) is 33.1 Å². The number of nitrogens with zero attached hydrogens (tertiary/aromatic N) is 7. The van der Waals surface area contributed by atoms with Gasteiger partial charge in [0, 0.05) is 5.02 Å². The number of hydrogen-bond acceptors (Lipinski definition) is 7. The number of aromatic amines is 1. The van der Waals surface area contributed by atoms with Crippen LogP contribution in [0.3, 0.4) is 0 Å². The summed E-state index contributed by atoms with van der Waals surface area (Å²) in [6.07, 6.45) is 0.601. The van der Waals surface area contributed by atoms with E-state index in [4.69, 9.17) is 11.6 Å². The third-order valence-electron chi connectivity index (χ3n) is 4.13. The van der Waals surface area contributed by atoms with E-state index in [1.165, 1.54) is 15.7 Å². The van der Waals surface area contributed by atoms with Gasteiger partial charge in [-0.3, -0.25) is 14.5 Å². The summed E-state index contributed by atoms with van der Waals surface area (Å²) >= 11 is 5.85. The van der Waals surface area contributed by atoms with Gasteiger partial charge in [-0.2, -0.15) is 9.90 Å². The molecule has 0 aliphatic rings. The zero-order chi connectivity index (χ0) is 19.0. The summed E-state index contributed by atoms with van der Waals surface area (Å²) in [5.41, 5.74) is 1.49. The second kappa shape index (κ2) is 6.89. The summed E-state index contributed by atoms with van der Waals surface area (Å²) in [5, 5.41) is 30.1. The highest BCUT2D eigenvalue weighted by molar-refractivity contribution is 6.30. The first-order valence-electron chi connectivity index (χ1n) is 8.11. The van der Waals surface area contributed by atoms with Gasteiger partial charge in [-0.15, -0.1) is 10.2 Å². The van der Waals surface area contributed by atoms with Gasteiger partial charge in [-0.25, -0.2) is 4.98 Å². The topological polar surface area (TPSA) is 127 Å². The third-order valence-corrected chi connectivity index (χ3v) is 4.38. The molecule has 2 N–H and O–H groups in total. The predicted molar refractivity (Wildman–Crippen MR) is 96.2 cm³/mol. The van der Waals surface area contributed by atoms with Crippen LogP contribution in [0.15, 0.2) is 35.4 Å². The fraction of sp³-hybridized carbons (Fsp3) is 0.250. The highest BCUT2D eigenvalue weighted by Gasteiger charge is 2.14. The summed E-state index contributed by atoms with van der Waals surface area (Å²) in [5.74, 6) is 0.336. The van der Waals surface area contributed by atoms with E-state index in [1.54, 1.807) is 31.2 Å². The Morgan fingerprint density at radius 2 is 2.07 bits per heavy atom. The van der Waals surface area contributed by atoms with Crippen molar-refractivity contribution < 1.29 is 5.11 Å². The number of aliphatic hydroxyl groups is 1. The predicted octanol–water partition coefficient (Wildman–Crippen LogP) is 0.850. The molecule has 3 aromatic heterocycles. The van der Waals surface area contributed by atoms with Crippen LogP contribution in [0, 0.1) is 6.92 Å². The van der Waals surface area contributed by atoms with Crippen LogP contribution in [0.4, 0.5) is 0 Å². The zero-order valence-corrected chi connectivity index (χ0v) is 15.0. The third kappa shape index (κ3) is 3.44. The molecule has 4 rings (SSSR count).